The Balaban J connectivity index is 1.84. The number of non-ortho nitro benzene ring substituents is 1. The summed E-state index contributed by atoms with van der Waals surface area (Å²) in [7, 11) is -4.11. The van der Waals surface area contributed by atoms with E-state index in [0.717, 1.165) is 23.8 Å². The maximum absolute atomic E-state index is 12.9. The number of nitrogens with zero attached hydrogens (tertiary/aromatic N) is 3. The molecule has 10 nitrogen and oxygen atoms in total. The quantitative estimate of drug-likeness (QED) is 0.358. The van der Waals surface area contributed by atoms with Crippen LogP contribution in [0.4, 0.5) is 11.5 Å². The van der Waals surface area contributed by atoms with Crippen molar-refractivity contribution in [2.75, 3.05) is 5.73 Å². The minimum absolute atomic E-state index is 0.0245. The van der Waals surface area contributed by atoms with Gasteiger partial charge in [0.15, 0.2) is 0 Å². The minimum atomic E-state index is -4.11. The molecule has 1 heterocycles. The Bertz CT molecular complexity index is 1240. The fourth-order valence-corrected chi connectivity index (χ4v) is 3.90. The van der Waals surface area contributed by atoms with Gasteiger partial charge >= 0.3 is 5.97 Å². The van der Waals surface area contributed by atoms with Gasteiger partial charge in [-0.15, -0.1) is 9.19 Å². The summed E-state index contributed by atoms with van der Waals surface area (Å²) in [6, 6.07) is 12.2. The molecule has 31 heavy (non-hydrogen) atoms. The van der Waals surface area contributed by atoms with Gasteiger partial charge in [-0.05, 0) is 35.2 Å². The number of hydrogen-bond donors (Lipinski definition) is 1. The topological polar surface area (TPSA) is 147 Å². The maximum atomic E-state index is 12.9. The molecule has 162 valence electrons. The maximum Gasteiger partial charge on any atom is 0.344 e. The summed E-state index contributed by atoms with van der Waals surface area (Å²) in [5, 5.41) is 14.5. The normalized spacial score (nSPS) is 11.8. The van der Waals surface area contributed by atoms with Crippen molar-refractivity contribution < 1.29 is 22.9 Å². The second kappa shape index (κ2) is 7.84. The summed E-state index contributed by atoms with van der Waals surface area (Å²) in [4.78, 5) is 22.3. The lowest BCUT2D eigenvalue weighted by Crippen LogP contribution is -2.18. The average Bonchev–Trinajstić information content (AvgIpc) is 3.08. The van der Waals surface area contributed by atoms with Crippen LogP contribution in [0.25, 0.3) is 0 Å². The van der Waals surface area contributed by atoms with E-state index >= 15 is 0 Å². The number of anilines is 1. The van der Waals surface area contributed by atoms with Crippen molar-refractivity contribution in [1.29, 1.82) is 0 Å². The van der Waals surface area contributed by atoms with Crippen molar-refractivity contribution in [3.63, 3.8) is 0 Å². The van der Waals surface area contributed by atoms with Crippen LogP contribution < -0.4 is 10.5 Å². The third kappa shape index (κ3) is 4.56. The molecule has 0 saturated carbocycles. The van der Waals surface area contributed by atoms with Gasteiger partial charge in [-0.25, -0.2) is 4.79 Å². The smallest absolute Gasteiger partial charge is 0.344 e. The van der Waals surface area contributed by atoms with Crippen LogP contribution in [0.15, 0.2) is 59.5 Å². The number of nitrogens with two attached hydrogens (primary N) is 1. The van der Waals surface area contributed by atoms with Crippen molar-refractivity contribution in [2.45, 2.75) is 31.1 Å². The molecule has 0 unspecified atom stereocenters. The zero-order chi connectivity index (χ0) is 23.0. The van der Waals surface area contributed by atoms with Crippen LogP contribution in [-0.4, -0.2) is 28.5 Å². The number of aromatic nitrogens is 2. The van der Waals surface area contributed by atoms with Crippen LogP contribution >= 0.6 is 0 Å². The van der Waals surface area contributed by atoms with Crippen molar-refractivity contribution >= 4 is 27.5 Å². The predicted octanol–water partition coefficient (Wildman–Crippen LogP) is 3.13. The molecule has 0 bridgehead atoms. The first kappa shape index (κ1) is 22.0. The molecule has 0 fully saturated rings. The Hall–Kier alpha value is -3.73. The fraction of sp³-hybridized carbons (Fsp3) is 0.200. The Morgan fingerprint density at radius 2 is 1.68 bits per heavy atom. The van der Waals surface area contributed by atoms with Gasteiger partial charge in [-0.3, -0.25) is 10.1 Å². The molecule has 0 aliphatic heterocycles. The minimum Gasteiger partial charge on any atom is -0.402 e. The highest BCUT2D eigenvalue weighted by Gasteiger charge is 2.24. The van der Waals surface area contributed by atoms with Gasteiger partial charge in [0.05, 0.1) is 15.4 Å². The Kier molecular flexibility index (Phi) is 5.55. The molecule has 0 amide bonds. The van der Waals surface area contributed by atoms with Crippen molar-refractivity contribution in [1.82, 2.24) is 9.19 Å². The van der Waals surface area contributed by atoms with Gasteiger partial charge in [0.1, 0.15) is 5.82 Å². The Labute approximate surface area is 178 Å². The van der Waals surface area contributed by atoms with Gasteiger partial charge in [-0.1, -0.05) is 32.9 Å². The summed E-state index contributed by atoms with van der Waals surface area (Å²) in [6.07, 6.45) is 0. The second-order valence-corrected chi connectivity index (χ2v) is 9.49. The molecule has 3 rings (SSSR count). The van der Waals surface area contributed by atoms with Crippen LogP contribution in [0.5, 0.6) is 5.88 Å². The molecular weight excluding hydrogens is 424 g/mol. The van der Waals surface area contributed by atoms with Crippen molar-refractivity contribution in [3.8, 4) is 5.88 Å². The monoisotopic (exact) mass is 444 g/mol. The highest BCUT2D eigenvalue weighted by molar-refractivity contribution is 7.90. The van der Waals surface area contributed by atoms with Crippen LogP contribution in [0.2, 0.25) is 0 Å². The third-order valence-electron chi connectivity index (χ3n) is 4.44. The van der Waals surface area contributed by atoms with E-state index in [1.165, 1.54) is 24.3 Å². The van der Waals surface area contributed by atoms with E-state index in [0.29, 0.717) is 4.09 Å². The second-order valence-electron chi connectivity index (χ2n) is 7.72. The third-order valence-corrected chi connectivity index (χ3v) is 6.05. The van der Waals surface area contributed by atoms with Gasteiger partial charge in [0.2, 0.25) is 5.88 Å². The van der Waals surface area contributed by atoms with E-state index in [2.05, 4.69) is 5.10 Å². The SMILES string of the molecule is CC(C)(C)c1ccc(S(=O)(=O)n2nc(OC(=O)c3ccc([N+](=O)[O-])cc3)cc2N)cc1. The van der Waals surface area contributed by atoms with Gasteiger partial charge in [0, 0.05) is 18.2 Å². The lowest BCUT2D eigenvalue weighted by Gasteiger charge is -2.19. The first-order chi connectivity index (χ1) is 14.4. The number of nitro groups is 1. The van der Waals surface area contributed by atoms with Crippen LogP contribution in [-0.2, 0) is 15.4 Å². The lowest BCUT2D eigenvalue weighted by molar-refractivity contribution is -0.384. The summed E-state index contributed by atoms with van der Waals surface area (Å²) < 4.78 is 31.5. The predicted molar refractivity (Wildman–Crippen MR) is 112 cm³/mol. The number of rotatable bonds is 5. The molecule has 0 spiro atoms. The Morgan fingerprint density at radius 3 is 2.19 bits per heavy atom. The number of hydrogen-bond acceptors (Lipinski definition) is 8. The van der Waals surface area contributed by atoms with E-state index in [4.69, 9.17) is 10.5 Å². The number of carbonyl (C=O) groups excluding carboxylic acids is 1. The summed E-state index contributed by atoms with van der Waals surface area (Å²) >= 11 is 0. The van der Waals surface area contributed by atoms with Gasteiger partial charge in [-0.2, -0.15) is 8.42 Å². The molecule has 0 aliphatic rings. The molecule has 0 radical (unpaired) electrons. The largest absolute Gasteiger partial charge is 0.402 e. The first-order valence-electron chi connectivity index (χ1n) is 9.08. The Morgan fingerprint density at radius 1 is 1.10 bits per heavy atom. The molecule has 0 atom stereocenters. The molecule has 3 aromatic rings. The van der Waals surface area contributed by atoms with Crippen LogP contribution in [0.3, 0.4) is 0 Å². The standard InChI is InChI=1S/C20H20N4O6S/c1-20(2,3)14-6-10-16(11-7-14)31(28,29)23-17(21)12-18(22-23)30-19(25)13-4-8-15(9-5-13)24(26)27/h4-12H,21H2,1-3H3. The van der Waals surface area contributed by atoms with E-state index in [9.17, 15) is 23.3 Å². The van der Waals surface area contributed by atoms with Crippen LogP contribution in [0, 0.1) is 10.1 Å². The number of benzene rings is 2. The summed E-state index contributed by atoms with van der Waals surface area (Å²) in [5.74, 6) is -1.44. The molecular formula is C20H20N4O6S. The molecule has 2 aromatic carbocycles. The average molecular weight is 444 g/mol. The van der Waals surface area contributed by atoms with E-state index in [-0.39, 0.29) is 33.3 Å². The van der Waals surface area contributed by atoms with E-state index in [1.54, 1.807) is 12.1 Å². The number of esters is 1. The first-order valence-corrected chi connectivity index (χ1v) is 10.5. The van der Waals surface area contributed by atoms with E-state index < -0.39 is 20.9 Å². The number of nitrogen functional groups attached to an aromatic ring is 1. The highest BCUT2D eigenvalue weighted by Crippen LogP contribution is 2.26. The lowest BCUT2D eigenvalue weighted by atomic mass is 9.87. The zero-order valence-electron chi connectivity index (χ0n) is 17.0. The van der Waals surface area contributed by atoms with Gasteiger partial charge in [0.25, 0.3) is 15.7 Å². The molecule has 1 aromatic heterocycles. The summed E-state index contributed by atoms with van der Waals surface area (Å²) in [6.45, 7) is 6.02. The molecule has 0 aliphatic carbocycles. The molecule has 11 heteroatoms. The van der Waals surface area contributed by atoms with Crippen molar-refractivity contribution in [3.05, 3.63) is 75.8 Å². The summed E-state index contributed by atoms with van der Waals surface area (Å²) in [5.41, 5.74) is 6.44. The molecule has 0 saturated heterocycles. The fourth-order valence-electron chi connectivity index (χ4n) is 2.70. The molecule has 2 N–H and O–H groups in total. The number of carbonyl (C=O) groups is 1. The van der Waals surface area contributed by atoms with Crippen molar-refractivity contribution in [2.24, 2.45) is 0 Å². The zero-order valence-corrected chi connectivity index (χ0v) is 17.8. The van der Waals surface area contributed by atoms with E-state index in [1.807, 2.05) is 20.8 Å². The number of nitro benzene ring substituents is 1. The highest BCUT2D eigenvalue weighted by atomic mass is 32.2. The van der Waals surface area contributed by atoms with Gasteiger partial charge < -0.3 is 10.5 Å². The number of ether oxygens (including phenoxy) is 1. The van der Waals surface area contributed by atoms with Crippen LogP contribution in [0.1, 0.15) is 36.7 Å².